The number of nitrogens with zero attached hydrogens (tertiary/aromatic N) is 4. The number of benzene rings is 11. The molecule has 0 aliphatic rings. The number of nitriles is 1. The molecule has 13 aromatic rings. The minimum atomic E-state index is 0.658. The number of para-hydroxylation sites is 1. The number of rotatable bonds is 6. The van der Waals surface area contributed by atoms with Crippen LogP contribution in [0.25, 0.3) is 127 Å². The van der Waals surface area contributed by atoms with E-state index < -0.39 is 0 Å². The van der Waals surface area contributed by atoms with E-state index in [4.69, 9.17) is 9.97 Å². The van der Waals surface area contributed by atoms with Gasteiger partial charge >= 0.3 is 0 Å². The van der Waals surface area contributed by atoms with Crippen molar-refractivity contribution in [1.29, 1.82) is 5.26 Å². The molecule has 0 N–H and O–H groups in total. The Bertz CT molecular complexity index is 3980. The molecule has 0 aliphatic carbocycles. The Balaban J connectivity index is 0.973. The van der Waals surface area contributed by atoms with Crippen LogP contribution in [-0.2, 0) is 0 Å². The highest BCUT2D eigenvalue weighted by Gasteiger charge is 2.21. The Morgan fingerprint density at radius 3 is 1.45 bits per heavy atom. The Kier molecular flexibility index (Phi) is 8.24. The van der Waals surface area contributed by atoms with Crippen molar-refractivity contribution in [2.75, 3.05) is 0 Å². The molecule has 0 saturated heterocycles. The quantitative estimate of drug-likeness (QED) is 0.157. The first-order valence-corrected chi connectivity index (χ1v) is 21.9. The molecular weight excluding hydrogens is 789 g/mol. The van der Waals surface area contributed by atoms with Gasteiger partial charge in [0.1, 0.15) is 0 Å². The maximum Gasteiger partial charge on any atom is 0.161 e. The molecule has 0 radical (unpaired) electrons. The molecule has 65 heavy (non-hydrogen) atoms. The highest BCUT2D eigenvalue weighted by molar-refractivity contribution is 6.26. The van der Waals surface area contributed by atoms with Crippen LogP contribution in [0.2, 0.25) is 0 Å². The molecule has 2 aromatic heterocycles. The van der Waals surface area contributed by atoms with Gasteiger partial charge in [0.25, 0.3) is 0 Å². The van der Waals surface area contributed by atoms with E-state index in [2.05, 4.69) is 199 Å². The normalized spacial score (nSPS) is 11.7. The van der Waals surface area contributed by atoms with Crippen LogP contribution in [0.1, 0.15) is 5.56 Å². The Morgan fingerprint density at radius 1 is 0.354 bits per heavy atom. The molecular formula is C61H36N4. The van der Waals surface area contributed by atoms with E-state index in [-0.39, 0.29) is 0 Å². The van der Waals surface area contributed by atoms with E-state index in [1.165, 1.54) is 43.3 Å². The molecule has 11 aromatic carbocycles. The second-order valence-corrected chi connectivity index (χ2v) is 16.8. The molecule has 0 atom stereocenters. The predicted octanol–water partition coefficient (Wildman–Crippen LogP) is 15.8. The van der Waals surface area contributed by atoms with Gasteiger partial charge in [0.2, 0.25) is 0 Å². The summed E-state index contributed by atoms with van der Waals surface area (Å²) in [6.07, 6.45) is 0. The van der Waals surface area contributed by atoms with E-state index >= 15 is 0 Å². The Hall–Kier alpha value is -8.91. The largest absolute Gasteiger partial charge is 0.309 e. The van der Waals surface area contributed by atoms with Crippen LogP contribution in [0.4, 0.5) is 0 Å². The first kappa shape index (κ1) is 36.7. The van der Waals surface area contributed by atoms with E-state index in [0.717, 1.165) is 77.6 Å². The SMILES string of the molecule is N#Cc1cc2ccc3cc(-c4ccc(-c5cc6c7ccccc7c(-c7nc(-c8ccccc8)cc(-c8ccccc8)n7)cc6c6ccccc56)cc4)cc4c3c2c(c1)n4-c1ccccc1. The molecule has 0 amide bonds. The molecule has 0 saturated carbocycles. The number of fused-ring (bicyclic) bond motifs is 5. The first-order valence-electron chi connectivity index (χ1n) is 21.9. The van der Waals surface area contributed by atoms with Crippen molar-refractivity contribution in [3.8, 4) is 67.9 Å². The van der Waals surface area contributed by atoms with Crippen LogP contribution in [0.3, 0.4) is 0 Å². The third-order valence-corrected chi connectivity index (χ3v) is 13.1. The van der Waals surface area contributed by atoms with E-state index in [0.29, 0.717) is 11.4 Å². The van der Waals surface area contributed by atoms with Gasteiger partial charge in [-0.1, -0.05) is 164 Å². The summed E-state index contributed by atoms with van der Waals surface area (Å²) in [4.78, 5) is 10.6. The molecule has 0 unspecified atom stereocenters. The zero-order valence-corrected chi connectivity index (χ0v) is 35.1. The molecule has 4 heteroatoms. The van der Waals surface area contributed by atoms with Crippen LogP contribution in [0, 0.1) is 11.3 Å². The van der Waals surface area contributed by atoms with Gasteiger partial charge in [-0.15, -0.1) is 0 Å². The zero-order chi connectivity index (χ0) is 43.0. The lowest BCUT2D eigenvalue weighted by Gasteiger charge is -2.16. The second kappa shape index (κ2) is 14.6. The average Bonchev–Trinajstić information content (AvgIpc) is 3.72. The van der Waals surface area contributed by atoms with Crippen LogP contribution in [-0.4, -0.2) is 14.5 Å². The molecule has 0 aliphatic heterocycles. The van der Waals surface area contributed by atoms with E-state index in [1.54, 1.807) is 0 Å². The van der Waals surface area contributed by atoms with Crippen molar-refractivity contribution in [2.45, 2.75) is 0 Å². The van der Waals surface area contributed by atoms with Crippen molar-refractivity contribution in [2.24, 2.45) is 0 Å². The fraction of sp³-hybridized carbons (Fsp3) is 0. The van der Waals surface area contributed by atoms with Crippen LogP contribution in [0.15, 0.2) is 218 Å². The summed E-state index contributed by atoms with van der Waals surface area (Å²) in [5.74, 6) is 0.700. The van der Waals surface area contributed by atoms with E-state index in [1.807, 2.05) is 30.3 Å². The summed E-state index contributed by atoms with van der Waals surface area (Å²) in [6.45, 7) is 0. The number of aromatic nitrogens is 3. The van der Waals surface area contributed by atoms with Gasteiger partial charge in [0.05, 0.1) is 34.1 Å². The summed E-state index contributed by atoms with van der Waals surface area (Å²) in [6, 6.07) is 79.9. The van der Waals surface area contributed by atoms with Gasteiger partial charge in [-0.2, -0.15) is 5.26 Å². The fourth-order valence-electron chi connectivity index (χ4n) is 10.2. The number of hydrogen-bond acceptors (Lipinski definition) is 3. The lowest BCUT2D eigenvalue weighted by Crippen LogP contribution is -1.97. The Morgan fingerprint density at radius 2 is 0.846 bits per heavy atom. The predicted molar refractivity (Wildman–Crippen MR) is 269 cm³/mol. The Labute approximate surface area is 374 Å². The van der Waals surface area contributed by atoms with Gasteiger partial charge in [-0.05, 0) is 120 Å². The summed E-state index contributed by atoms with van der Waals surface area (Å²) in [5, 5.41) is 21.6. The van der Waals surface area contributed by atoms with Crippen molar-refractivity contribution >= 4 is 64.9 Å². The minimum Gasteiger partial charge on any atom is -0.309 e. The van der Waals surface area contributed by atoms with Gasteiger partial charge in [0, 0.05) is 33.2 Å². The summed E-state index contributed by atoms with van der Waals surface area (Å²) < 4.78 is 2.31. The standard InChI is InChI=1S/C61H36N4/c62-37-38-30-43-28-29-44-32-45(33-58-60(44)59(43)57(31-38)65(58)46-18-8-3-9-19-46)39-24-26-40(27-25-39)51-34-52-49-22-12-13-23-50(49)54(35-53(52)48-21-11-10-20-47(48)51)61-63-55(41-14-4-1-5-15-41)36-56(64-61)42-16-6-2-7-17-42/h1-36H. The van der Waals surface area contributed by atoms with Crippen LogP contribution >= 0.6 is 0 Å². The summed E-state index contributed by atoms with van der Waals surface area (Å²) >= 11 is 0. The van der Waals surface area contributed by atoms with Crippen molar-refractivity contribution in [3.05, 3.63) is 224 Å². The van der Waals surface area contributed by atoms with Crippen molar-refractivity contribution in [1.82, 2.24) is 14.5 Å². The topological polar surface area (TPSA) is 54.5 Å². The van der Waals surface area contributed by atoms with Crippen LogP contribution in [0.5, 0.6) is 0 Å². The van der Waals surface area contributed by atoms with Crippen molar-refractivity contribution < 1.29 is 0 Å². The molecule has 4 nitrogen and oxygen atoms in total. The molecule has 300 valence electrons. The van der Waals surface area contributed by atoms with Crippen LogP contribution < -0.4 is 0 Å². The lowest BCUT2D eigenvalue weighted by atomic mass is 9.88. The zero-order valence-electron chi connectivity index (χ0n) is 35.1. The summed E-state index contributed by atoms with van der Waals surface area (Å²) in [7, 11) is 0. The van der Waals surface area contributed by atoms with Gasteiger partial charge in [-0.25, -0.2) is 9.97 Å². The maximum absolute atomic E-state index is 9.97. The van der Waals surface area contributed by atoms with Gasteiger partial charge in [0.15, 0.2) is 5.82 Å². The lowest BCUT2D eigenvalue weighted by molar-refractivity contribution is 1.18. The molecule has 13 rings (SSSR count). The van der Waals surface area contributed by atoms with Gasteiger partial charge < -0.3 is 4.57 Å². The third-order valence-electron chi connectivity index (χ3n) is 13.1. The maximum atomic E-state index is 9.97. The number of hydrogen-bond donors (Lipinski definition) is 0. The smallest absolute Gasteiger partial charge is 0.161 e. The second-order valence-electron chi connectivity index (χ2n) is 16.8. The first-order chi connectivity index (χ1) is 32.2. The molecule has 0 fully saturated rings. The fourth-order valence-corrected chi connectivity index (χ4v) is 10.2. The van der Waals surface area contributed by atoms with E-state index in [9.17, 15) is 5.26 Å². The highest BCUT2D eigenvalue weighted by Crippen LogP contribution is 2.44. The van der Waals surface area contributed by atoms with Gasteiger partial charge in [-0.3, -0.25) is 0 Å². The molecule has 0 bridgehead atoms. The monoisotopic (exact) mass is 824 g/mol. The molecule has 0 spiro atoms. The van der Waals surface area contributed by atoms with Crippen molar-refractivity contribution in [3.63, 3.8) is 0 Å². The minimum absolute atomic E-state index is 0.658. The third kappa shape index (κ3) is 5.91. The molecule has 2 heterocycles. The highest BCUT2D eigenvalue weighted by atomic mass is 15.0. The average molecular weight is 825 g/mol. The summed E-state index contributed by atoms with van der Waals surface area (Å²) in [5.41, 5.74) is 13.4.